The van der Waals surface area contributed by atoms with Crippen LogP contribution < -0.4 is 60.9 Å². The molecule has 0 heterocycles. The molecule has 0 rings (SSSR count). The van der Waals surface area contributed by atoms with Gasteiger partial charge in [0, 0.05) is 0 Å². The Kier molecular flexibility index (Phi) is 35.4. The smallest absolute Gasteiger partial charge is 0.427 e. The molecule has 0 aromatic carbocycles. The van der Waals surface area contributed by atoms with Crippen molar-refractivity contribution >= 4 is 0 Å². The first kappa shape index (κ1) is 15.8. The van der Waals surface area contributed by atoms with E-state index in [9.17, 15) is 0 Å². The van der Waals surface area contributed by atoms with E-state index in [0.29, 0.717) is 0 Å². The fourth-order valence-electron chi connectivity index (χ4n) is 0. The maximum atomic E-state index is 8.57. The average Bonchev–Trinajstić information content (AvgIpc) is 1.41. The first-order valence-corrected chi connectivity index (χ1v) is 3.31. The van der Waals surface area contributed by atoms with Gasteiger partial charge in [-0.1, -0.05) is 0 Å². The zero-order chi connectivity index (χ0) is 5.58. The van der Waals surface area contributed by atoms with Gasteiger partial charge in [0.1, 0.15) is 0 Å². The van der Waals surface area contributed by atoms with Gasteiger partial charge < -0.3 is 10.3 Å². The molecule has 0 aliphatic carbocycles. The van der Waals surface area contributed by atoms with Crippen molar-refractivity contribution in [2.75, 3.05) is 0 Å². The second-order valence-electron chi connectivity index (χ2n) is 0.189. The van der Waals surface area contributed by atoms with E-state index >= 15 is 0 Å². The predicted octanol–water partition coefficient (Wildman–Crippen LogP) is -9.54. The quantitative estimate of drug-likeness (QED) is 0.186. The van der Waals surface area contributed by atoms with Crippen molar-refractivity contribution in [2.24, 2.45) is 0 Å². The van der Waals surface area contributed by atoms with Crippen LogP contribution in [0.2, 0.25) is 0 Å². The maximum Gasteiger partial charge on any atom is 1.00 e. The fraction of sp³-hybridized carbons (Fsp3) is 0. The van der Waals surface area contributed by atoms with Crippen LogP contribution in [0.5, 0.6) is 0 Å². The summed E-state index contributed by atoms with van der Waals surface area (Å²) in [5, 5.41) is 12.0. The van der Waals surface area contributed by atoms with Crippen LogP contribution in [-0.4, -0.2) is 10.5 Å². The van der Waals surface area contributed by atoms with Crippen molar-refractivity contribution in [2.45, 2.75) is 0 Å². The Bertz CT molecular complexity index is 12.8. The minimum Gasteiger partial charge on any atom is -0.427 e. The van der Waals surface area contributed by atoms with Gasteiger partial charge in [-0.05, 0) is 0 Å². The molecule has 0 aromatic rings. The molecule has 0 bridgehead atoms. The van der Waals surface area contributed by atoms with Gasteiger partial charge in [0.25, 0.3) is 21.1 Å². The van der Waals surface area contributed by atoms with Crippen molar-refractivity contribution in [3.8, 4) is 0 Å². The third-order valence-electron chi connectivity index (χ3n) is 0. The largest absolute Gasteiger partial charge is 1.00 e. The summed E-state index contributed by atoms with van der Waals surface area (Å²) in [7, 11) is 0. The number of hydrogen-bond acceptors (Lipinski definition) is 5. The van der Waals surface area contributed by atoms with E-state index in [1.54, 1.807) is 0 Å². The van der Waals surface area contributed by atoms with Gasteiger partial charge in [-0.2, -0.15) is 0 Å². The molecule has 0 radical (unpaired) electrons. The van der Waals surface area contributed by atoms with E-state index in [-0.39, 0.29) is 29.6 Å². The molecule has 0 amide bonds. The topological polar surface area (TPSA) is 110 Å². The maximum absolute atomic E-state index is 8.57. The second kappa shape index (κ2) is 15.6. The van der Waals surface area contributed by atoms with Crippen LogP contribution in [0.25, 0.3) is 0 Å². The van der Waals surface area contributed by atoms with E-state index in [4.69, 9.17) is 20.8 Å². The summed E-state index contributed by atoms with van der Waals surface area (Å²) < 4.78 is 25.7. The molecule has 0 aromatic heterocycles. The second-order valence-corrected chi connectivity index (χ2v) is 1.27. The molecular formula is H2INaO5. The molecule has 7 heteroatoms. The van der Waals surface area contributed by atoms with Gasteiger partial charge in [-0.25, -0.2) is 0 Å². The Morgan fingerprint density at radius 2 is 1.00 bits per heavy atom. The fourth-order valence-corrected chi connectivity index (χ4v) is 0. The summed E-state index contributed by atoms with van der Waals surface area (Å²) in [5.74, 6) is 0. The van der Waals surface area contributed by atoms with Gasteiger partial charge in [0.05, 0.1) is 0 Å². The number of halogens is 1. The summed E-state index contributed by atoms with van der Waals surface area (Å²) in [6.45, 7) is 0. The molecule has 0 atom stereocenters. The molecule has 0 saturated heterocycles. The third-order valence-corrected chi connectivity index (χ3v) is 0. The number of hydrogen-bond donors (Lipinski definition) is 2. The standard InChI is InChI=1S/IO3.Na.H2O2/c2-1(3)4;;1-2/h;;1-2H/q-1;+1;. The van der Waals surface area contributed by atoms with Crippen LogP contribution in [-0.2, 0) is 0 Å². The van der Waals surface area contributed by atoms with Crippen molar-refractivity contribution in [3.63, 3.8) is 0 Å². The zero-order valence-electron chi connectivity index (χ0n) is 3.50. The van der Waals surface area contributed by atoms with Crippen LogP contribution in [0, 0.1) is 0 Å². The Hall–Kier alpha value is 1.53. The molecule has 0 saturated carbocycles. The molecule has 0 unspecified atom stereocenters. The molecular weight excluding hydrogens is 230 g/mol. The minimum atomic E-state index is -4.01. The van der Waals surface area contributed by atoms with Crippen LogP contribution in [0.4, 0.5) is 0 Å². The van der Waals surface area contributed by atoms with E-state index in [1.165, 1.54) is 0 Å². The summed E-state index contributed by atoms with van der Waals surface area (Å²) in [6, 6.07) is 0. The van der Waals surface area contributed by atoms with Gasteiger partial charge >= 0.3 is 29.6 Å². The Morgan fingerprint density at radius 3 is 1.00 bits per heavy atom. The van der Waals surface area contributed by atoms with Crippen LogP contribution in [0.15, 0.2) is 0 Å². The summed E-state index contributed by atoms with van der Waals surface area (Å²) in [6.07, 6.45) is 0. The summed E-state index contributed by atoms with van der Waals surface area (Å²) in [5.41, 5.74) is 0. The minimum absolute atomic E-state index is 0. The molecule has 7 heavy (non-hydrogen) atoms. The monoisotopic (exact) mass is 232 g/mol. The van der Waals surface area contributed by atoms with Gasteiger partial charge in [0.15, 0.2) is 0 Å². The molecule has 0 aliphatic rings. The molecule has 40 valence electrons. The first-order valence-electron chi connectivity index (χ1n) is 0.663. The van der Waals surface area contributed by atoms with Crippen molar-refractivity contribution in [1.82, 2.24) is 0 Å². The normalized spacial score (nSPS) is 6.00. The van der Waals surface area contributed by atoms with E-state index < -0.39 is 21.1 Å². The van der Waals surface area contributed by atoms with Gasteiger partial charge in [0.2, 0.25) is 0 Å². The summed E-state index contributed by atoms with van der Waals surface area (Å²) >= 11 is -4.01. The average molecular weight is 232 g/mol. The third kappa shape index (κ3) is 98.4. The molecule has 5 nitrogen and oxygen atoms in total. The van der Waals surface area contributed by atoms with E-state index in [0.717, 1.165) is 0 Å². The Labute approximate surface area is 70.9 Å². The summed E-state index contributed by atoms with van der Waals surface area (Å²) in [4.78, 5) is 0. The number of rotatable bonds is 0. The van der Waals surface area contributed by atoms with E-state index in [2.05, 4.69) is 0 Å². The van der Waals surface area contributed by atoms with Crippen LogP contribution in [0.1, 0.15) is 0 Å². The molecule has 0 spiro atoms. The SMILES string of the molecule is OO.[Na+].[O-][I+2]([O-])[O-]. The van der Waals surface area contributed by atoms with Crippen molar-refractivity contribution < 1.29 is 71.4 Å². The van der Waals surface area contributed by atoms with E-state index in [1.807, 2.05) is 0 Å². The predicted molar refractivity (Wildman–Crippen MR) is 5.26 cm³/mol. The van der Waals surface area contributed by atoms with Crippen molar-refractivity contribution in [1.29, 1.82) is 0 Å². The van der Waals surface area contributed by atoms with Gasteiger partial charge in [-0.3, -0.25) is 10.5 Å². The van der Waals surface area contributed by atoms with Crippen LogP contribution >= 0.6 is 0 Å². The van der Waals surface area contributed by atoms with Crippen LogP contribution in [0.3, 0.4) is 0 Å². The Balaban J connectivity index is -0.0000000480. The molecule has 0 aliphatic heterocycles. The van der Waals surface area contributed by atoms with Gasteiger partial charge in [-0.15, -0.1) is 0 Å². The Morgan fingerprint density at radius 1 is 1.00 bits per heavy atom. The molecule has 2 N–H and O–H groups in total. The first-order chi connectivity index (χ1) is 2.73. The van der Waals surface area contributed by atoms with Crippen molar-refractivity contribution in [3.05, 3.63) is 0 Å². The molecule has 0 fully saturated rings. The zero-order valence-corrected chi connectivity index (χ0v) is 7.65.